The Labute approximate surface area is 149 Å². The predicted octanol–water partition coefficient (Wildman–Crippen LogP) is 1.36. The van der Waals surface area contributed by atoms with E-state index in [1.165, 1.54) is 5.56 Å². The molecule has 0 bridgehead atoms. The normalized spacial score (nSPS) is 29.6. The molecule has 1 N–H and O–H groups in total. The number of piperidine rings is 2. The van der Waals surface area contributed by atoms with E-state index in [4.69, 9.17) is 4.74 Å². The summed E-state index contributed by atoms with van der Waals surface area (Å²) < 4.78 is 5.77. The monoisotopic (exact) mass is 344 g/mol. The molecule has 2 heterocycles. The number of nitrogens with zero attached hydrogens (tertiary/aromatic N) is 2. The van der Waals surface area contributed by atoms with Crippen LogP contribution in [0, 0.1) is 17.8 Å². The van der Waals surface area contributed by atoms with Crippen LogP contribution in [0.5, 0.6) is 0 Å². The molecule has 136 valence electrons. The van der Waals surface area contributed by atoms with Crippen LogP contribution in [-0.4, -0.2) is 66.2 Å². The first-order valence-corrected chi connectivity index (χ1v) is 9.53. The molecule has 3 atom stereocenters. The van der Waals surface area contributed by atoms with Gasteiger partial charge in [-0.2, -0.15) is 0 Å². The van der Waals surface area contributed by atoms with Crippen LogP contribution in [-0.2, 0) is 16.1 Å². The summed E-state index contributed by atoms with van der Waals surface area (Å²) in [7, 11) is 0. The Morgan fingerprint density at radius 1 is 1.12 bits per heavy atom. The second-order valence-electron chi connectivity index (χ2n) is 7.71. The van der Waals surface area contributed by atoms with Gasteiger partial charge >= 0.3 is 0 Å². The number of hydrogen-bond acceptors (Lipinski definition) is 4. The van der Waals surface area contributed by atoms with E-state index in [0.29, 0.717) is 24.3 Å². The minimum Gasteiger partial charge on any atom is -0.393 e. The third-order valence-electron chi connectivity index (χ3n) is 5.99. The van der Waals surface area contributed by atoms with Crippen LogP contribution in [0.2, 0.25) is 0 Å². The number of likely N-dealkylation sites (tertiary alicyclic amines) is 2. The summed E-state index contributed by atoms with van der Waals surface area (Å²) >= 11 is 0. The fourth-order valence-electron chi connectivity index (χ4n) is 4.42. The summed E-state index contributed by atoms with van der Waals surface area (Å²) in [4.78, 5) is 17.0. The first kappa shape index (κ1) is 17.0. The van der Waals surface area contributed by atoms with Gasteiger partial charge in [0, 0.05) is 38.6 Å². The topological polar surface area (TPSA) is 53.0 Å². The Morgan fingerprint density at radius 2 is 1.80 bits per heavy atom. The van der Waals surface area contributed by atoms with Crippen molar-refractivity contribution in [1.82, 2.24) is 9.80 Å². The van der Waals surface area contributed by atoms with Gasteiger partial charge < -0.3 is 19.6 Å². The number of ether oxygens (including phenoxy) is 1. The first-order chi connectivity index (χ1) is 12.2. The van der Waals surface area contributed by atoms with Gasteiger partial charge in [0.15, 0.2) is 0 Å². The van der Waals surface area contributed by atoms with Gasteiger partial charge in [0.1, 0.15) is 0 Å². The second-order valence-corrected chi connectivity index (χ2v) is 7.71. The molecule has 1 aromatic rings. The quantitative estimate of drug-likeness (QED) is 0.792. The maximum atomic E-state index is 12.6. The van der Waals surface area contributed by atoms with Gasteiger partial charge in [0.2, 0.25) is 5.91 Å². The van der Waals surface area contributed by atoms with E-state index < -0.39 is 0 Å². The SMILES string of the molecule is O=C(C1[C@H]2CN(CCOCc3ccccc3)C[C@@H]12)N1CCC(O)CC1. The lowest BCUT2D eigenvalue weighted by Gasteiger charge is -2.30. The summed E-state index contributed by atoms with van der Waals surface area (Å²) in [5, 5.41) is 9.58. The Morgan fingerprint density at radius 3 is 2.48 bits per heavy atom. The van der Waals surface area contributed by atoms with Crippen LogP contribution in [0.4, 0.5) is 0 Å². The van der Waals surface area contributed by atoms with Crippen LogP contribution in [0.1, 0.15) is 18.4 Å². The molecule has 0 spiro atoms. The molecule has 3 fully saturated rings. The van der Waals surface area contributed by atoms with Gasteiger partial charge in [-0.25, -0.2) is 0 Å². The lowest BCUT2D eigenvalue weighted by Crippen LogP contribution is -2.42. The molecule has 1 amide bonds. The van der Waals surface area contributed by atoms with Crippen molar-refractivity contribution in [1.29, 1.82) is 0 Å². The number of amides is 1. The summed E-state index contributed by atoms with van der Waals surface area (Å²) in [6, 6.07) is 10.3. The van der Waals surface area contributed by atoms with Gasteiger partial charge in [0.25, 0.3) is 0 Å². The summed E-state index contributed by atoms with van der Waals surface area (Å²) in [6.07, 6.45) is 1.26. The molecule has 4 rings (SSSR count). The molecule has 1 aliphatic carbocycles. The highest BCUT2D eigenvalue weighted by Crippen LogP contribution is 2.52. The van der Waals surface area contributed by atoms with Crippen molar-refractivity contribution in [2.75, 3.05) is 39.3 Å². The molecule has 25 heavy (non-hydrogen) atoms. The van der Waals surface area contributed by atoms with Crippen molar-refractivity contribution in [3.8, 4) is 0 Å². The number of aliphatic hydroxyl groups is 1. The summed E-state index contributed by atoms with van der Waals surface area (Å²) in [6.45, 7) is 5.90. The summed E-state index contributed by atoms with van der Waals surface area (Å²) in [5.41, 5.74) is 1.21. The highest BCUT2D eigenvalue weighted by Gasteiger charge is 2.59. The van der Waals surface area contributed by atoms with Crippen molar-refractivity contribution in [2.24, 2.45) is 17.8 Å². The minimum absolute atomic E-state index is 0.214. The van der Waals surface area contributed by atoms with Crippen molar-refractivity contribution in [3.63, 3.8) is 0 Å². The highest BCUT2D eigenvalue weighted by molar-refractivity contribution is 5.82. The van der Waals surface area contributed by atoms with Crippen molar-refractivity contribution >= 4 is 5.91 Å². The zero-order chi connectivity index (χ0) is 17.2. The number of benzene rings is 1. The fourth-order valence-corrected chi connectivity index (χ4v) is 4.42. The summed E-state index contributed by atoms with van der Waals surface area (Å²) in [5.74, 6) is 1.68. The maximum Gasteiger partial charge on any atom is 0.226 e. The Balaban J connectivity index is 1.14. The zero-order valence-corrected chi connectivity index (χ0v) is 14.7. The lowest BCUT2D eigenvalue weighted by atomic mass is 10.1. The van der Waals surface area contributed by atoms with Gasteiger partial charge in [-0.15, -0.1) is 0 Å². The number of rotatable bonds is 6. The third kappa shape index (κ3) is 3.89. The molecule has 0 radical (unpaired) electrons. The molecule has 1 saturated carbocycles. The van der Waals surface area contributed by atoms with E-state index in [9.17, 15) is 9.90 Å². The minimum atomic E-state index is -0.214. The predicted molar refractivity (Wildman–Crippen MR) is 94.8 cm³/mol. The maximum absolute atomic E-state index is 12.6. The van der Waals surface area contributed by atoms with Crippen LogP contribution in [0.3, 0.4) is 0 Å². The van der Waals surface area contributed by atoms with Gasteiger partial charge in [-0.05, 0) is 30.2 Å². The van der Waals surface area contributed by atoms with Crippen LogP contribution in [0.15, 0.2) is 30.3 Å². The van der Waals surface area contributed by atoms with Crippen LogP contribution < -0.4 is 0 Å². The van der Waals surface area contributed by atoms with Gasteiger partial charge in [0.05, 0.1) is 19.3 Å². The molecule has 2 aliphatic heterocycles. The van der Waals surface area contributed by atoms with E-state index in [0.717, 1.165) is 52.2 Å². The van der Waals surface area contributed by atoms with E-state index >= 15 is 0 Å². The number of carbonyl (C=O) groups is 1. The van der Waals surface area contributed by atoms with Crippen molar-refractivity contribution < 1.29 is 14.6 Å². The van der Waals surface area contributed by atoms with Crippen molar-refractivity contribution in [2.45, 2.75) is 25.6 Å². The Hall–Kier alpha value is -1.43. The molecule has 5 nitrogen and oxygen atoms in total. The standard InChI is InChI=1S/C20H28N2O3/c23-16-6-8-22(9-7-16)20(24)19-17-12-21(13-18(17)19)10-11-25-14-15-4-2-1-3-5-15/h1-5,16-19,23H,6-14H2/t17-,18+,19?. The number of aliphatic hydroxyl groups excluding tert-OH is 1. The van der Waals surface area contributed by atoms with E-state index in [1.807, 2.05) is 23.1 Å². The van der Waals surface area contributed by atoms with E-state index in [1.54, 1.807) is 0 Å². The number of carbonyl (C=O) groups excluding carboxylic acids is 1. The molecule has 5 heteroatoms. The third-order valence-corrected chi connectivity index (χ3v) is 5.99. The lowest BCUT2D eigenvalue weighted by molar-refractivity contribution is -0.135. The highest BCUT2D eigenvalue weighted by atomic mass is 16.5. The largest absolute Gasteiger partial charge is 0.393 e. The molecule has 3 aliphatic rings. The van der Waals surface area contributed by atoms with E-state index in [2.05, 4.69) is 17.0 Å². The molecule has 1 aromatic carbocycles. The Bertz CT molecular complexity index is 574. The second kappa shape index (κ2) is 7.44. The number of fused-ring (bicyclic) bond motifs is 1. The molecular formula is C20H28N2O3. The number of hydrogen-bond donors (Lipinski definition) is 1. The smallest absolute Gasteiger partial charge is 0.226 e. The average Bonchev–Trinajstić information content (AvgIpc) is 3.14. The molecule has 2 saturated heterocycles. The van der Waals surface area contributed by atoms with E-state index in [-0.39, 0.29) is 12.0 Å². The first-order valence-electron chi connectivity index (χ1n) is 9.53. The van der Waals surface area contributed by atoms with Gasteiger partial charge in [-0.1, -0.05) is 30.3 Å². The average molecular weight is 344 g/mol. The van der Waals surface area contributed by atoms with Crippen LogP contribution >= 0.6 is 0 Å². The van der Waals surface area contributed by atoms with Gasteiger partial charge in [-0.3, -0.25) is 4.79 Å². The fraction of sp³-hybridized carbons (Fsp3) is 0.650. The Kier molecular flexibility index (Phi) is 5.06. The van der Waals surface area contributed by atoms with Crippen molar-refractivity contribution in [3.05, 3.63) is 35.9 Å². The molecule has 0 aromatic heterocycles. The molecule has 1 unspecified atom stereocenters. The zero-order valence-electron chi connectivity index (χ0n) is 14.7. The molecular weight excluding hydrogens is 316 g/mol. The van der Waals surface area contributed by atoms with Crippen LogP contribution in [0.25, 0.3) is 0 Å².